The minimum atomic E-state index is -3.91. The Morgan fingerprint density at radius 1 is 0.853 bits per heavy atom. The van der Waals surface area contributed by atoms with Crippen LogP contribution in [-0.4, -0.2) is 125 Å². The molecule has 0 bridgehead atoms. The van der Waals surface area contributed by atoms with Crippen LogP contribution in [0.2, 0.25) is 0 Å². The number of nitrogens with zero attached hydrogens (tertiary/aromatic N) is 9. The number of carbonyl (C=O) groups excluding carboxylic acids is 1. The van der Waals surface area contributed by atoms with Gasteiger partial charge >= 0.3 is 5.69 Å². The number of phenols is 2. The Morgan fingerprint density at radius 2 is 1.56 bits per heavy atom. The van der Waals surface area contributed by atoms with Gasteiger partial charge in [0.25, 0.3) is 5.91 Å². The highest BCUT2D eigenvalue weighted by Gasteiger charge is 2.35. The summed E-state index contributed by atoms with van der Waals surface area (Å²) in [7, 11) is -2.34. The molecule has 9 rings (SSSR count). The van der Waals surface area contributed by atoms with Crippen LogP contribution in [0.5, 0.6) is 17.2 Å². The molecule has 6 aromatic rings. The lowest BCUT2D eigenvalue weighted by Crippen LogP contribution is -2.48. The predicted octanol–water partition coefficient (Wildman–Crippen LogP) is 6.42. The van der Waals surface area contributed by atoms with E-state index in [4.69, 9.17) is 4.74 Å². The van der Waals surface area contributed by atoms with E-state index in [1.807, 2.05) is 63.2 Å². The zero-order valence-corrected chi connectivity index (χ0v) is 39.7. The third-order valence-electron chi connectivity index (χ3n) is 13.0. The van der Waals surface area contributed by atoms with E-state index in [2.05, 4.69) is 40.2 Å². The van der Waals surface area contributed by atoms with Crippen LogP contribution in [0.1, 0.15) is 61.0 Å². The fourth-order valence-electron chi connectivity index (χ4n) is 9.42. The maximum atomic E-state index is 13.4. The third kappa shape index (κ3) is 9.33. The van der Waals surface area contributed by atoms with Crippen LogP contribution in [0.3, 0.4) is 0 Å². The number of phenolic OH excluding ortho intramolecular Hbond substituents is 2. The Kier molecular flexibility index (Phi) is 12.9. The number of ether oxygens (including phenoxy) is 1. The second-order valence-corrected chi connectivity index (χ2v) is 19.8. The van der Waals surface area contributed by atoms with Crippen LogP contribution < -0.4 is 29.8 Å². The van der Waals surface area contributed by atoms with Gasteiger partial charge in [-0.1, -0.05) is 38.1 Å². The van der Waals surface area contributed by atoms with Gasteiger partial charge in [0.2, 0.25) is 16.0 Å². The van der Waals surface area contributed by atoms with Crippen LogP contribution >= 0.6 is 0 Å². The van der Waals surface area contributed by atoms with Crippen molar-refractivity contribution in [2.24, 2.45) is 5.92 Å². The number of rotatable bonds is 13. The summed E-state index contributed by atoms with van der Waals surface area (Å²) in [6, 6.07) is 23.4. The van der Waals surface area contributed by atoms with Crippen molar-refractivity contribution in [3.8, 4) is 34.3 Å². The first-order valence-electron chi connectivity index (χ1n) is 23.0. The molecular formula is C49H57N11O7S. The van der Waals surface area contributed by atoms with Crippen molar-refractivity contribution in [1.29, 1.82) is 0 Å². The monoisotopic (exact) mass is 943 g/mol. The molecule has 0 unspecified atom stereocenters. The number of sulfonamides is 1. The number of benzene rings is 4. The highest BCUT2D eigenvalue weighted by atomic mass is 32.2. The van der Waals surface area contributed by atoms with E-state index in [1.54, 1.807) is 37.4 Å². The molecule has 356 valence electrons. The molecule has 0 saturated carbocycles. The Balaban J connectivity index is 0.788. The van der Waals surface area contributed by atoms with E-state index in [9.17, 15) is 28.2 Å². The van der Waals surface area contributed by atoms with Crippen molar-refractivity contribution in [3.63, 3.8) is 0 Å². The fraction of sp³-hybridized carbons (Fsp3) is 0.367. The molecule has 0 spiro atoms. The summed E-state index contributed by atoms with van der Waals surface area (Å²) in [6.45, 7) is 13.9. The minimum Gasteiger partial charge on any atom is -0.508 e. The summed E-state index contributed by atoms with van der Waals surface area (Å²) in [6.07, 6.45) is 4.68. The van der Waals surface area contributed by atoms with Crippen LogP contribution in [0.4, 0.5) is 34.5 Å². The lowest BCUT2D eigenvalue weighted by molar-refractivity contribution is 0.0994. The molecule has 4 N–H and O–H groups in total. The van der Waals surface area contributed by atoms with Crippen LogP contribution in [-0.2, 0) is 16.6 Å². The molecule has 2 aromatic heterocycles. The van der Waals surface area contributed by atoms with Crippen LogP contribution in [0, 0.1) is 5.92 Å². The normalized spacial score (nSPS) is 16.2. The second kappa shape index (κ2) is 19.0. The molecule has 4 aromatic carbocycles. The molecule has 18 nitrogen and oxygen atoms in total. The number of H-pyrrole nitrogens is 1. The Hall–Kier alpha value is -6.96. The molecule has 3 aliphatic heterocycles. The van der Waals surface area contributed by atoms with Gasteiger partial charge in [0, 0.05) is 77.2 Å². The molecule has 1 amide bonds. The molecule has 68 heavy (non-hydrogen) atoms. The molecule has 19 heteroatoms. The van der Waals surface area contributed by atoms with E-state index < -0.39 is 15.7 Å². The van der Waals surface area contributed by atoms with E-state index in [0.29, 0.717) is 40.8 Å². The number of nitrogens with one attached hydrogen (secondary N) is 2. The van der Waals surface area contributed by atoms with Gasteiger partial charge in [0.15, 0.2) is 11.6 Å². The number of hydrogen-bond donors (Lipinski definition) is 4. The van der Waals surface area contributed by atoms with Gasteiger partial charge in [-0.05, 0) is 85.2 Å². The van der Waals surface area contributed by atoms with Crippen molar-refractivity contribution in [1.82, 2.24) is 34.5 Å². The number of hydrogen-bond acceptors (Lipinski definition) is 14. The molecule has 3 aliphatic rings. The van der Waals surface area contributed by atoms with Gasteiger partial charge in [-0.25, -0.2) is 32.2 Å². The van der Waals surface area contributed by atoms with Crippen LogP contribution in [0.25, 0.3) is 17.1 Å². The van der Waals surface area contributed by atoms with Crippen molar-refractivity contribution >= 4 is 50.4 Å². The number of carbonyl (C=O) groups is 1. The SMILES string of the molecule is CCOc1cc(N2CCC(CN3CCN(Cc4ccc(-n5c(-c6cc(C(C)C)c(O)cc6O)n[nH]c5=O)cc4)CC3)CC2)ccc1Nc1ncc2c(n1)N(S(C)(=O)=O)c1ccccc1C(=O)N2C. The number of fused-ring (bicyclic) bond motifs is 2. The number of para-hydroxylation sites is 1. The first-order valence-corrected chi connectivity index (χ1v) is 24.8. The first kappa shape index (κ1) is 46.2. The van der Waals surface area contributed by atoms with Gasteiger partial charge in [0.05, 0.1) is 47.2 Å². The summed E-state index contributed by atoms with van der Waals surface area (Å²) in [4.78, 5) is 44.3. The summed E-state index contributed by atoms with van der Waals surface area (Å²) >= 11 is 0. The van der Waals surface area contributed by atoms with Gasteiger partial charge < -0.3 is 35.0 Å². The van der Waals surface area contributed by atoms with Gasteiger partial charge in [-0.3, -0.25) is 9.69 Å². The van der Waals surface area contributed by atoms with Gasteiger partial charge in [0.1, 0.15) is 22.9 Å². The molecule has 0 aliphatic carbocycles. The zero-order chi connectivity index (χ0) is 47.9. The molecule has 2 fully saturated rings. The number of piperazine rings is 1. The Morgan fingerprint density at radius 3 is 2.26 bits per heavy atom. The Bertz CT molecular complexity index is 3000. The highest BCUT2D eigenvalue weighted by Crippen LogP contribution is 2.42. The number of anilines is 6. The van der Waals surface area contributed by atoms with Crippen molar-refractivity contribution in [2.45, 2.75) is 46.1 Å². The zero-order valence-electron chi connectivity index (χ0n) is 38.9. The highest BCUT2D eigenvalue weighted by molar-refractivity contribution is 7.92. The molecule has 2 saturated heterocycles. The summed E-state index contributed by atoms with van der Waals surface area (Å²) in [5, 5.41) is 31.0. The number of piperidine rings is 1. The topological polar surface area (TPSA) is 206 Å². The average Bonchev–Trinajstić information content (AvgIpc) is 3.66. The lowest BCUT2D eigenvalue weighted by atomic mass is 9.95. The summed E-state index contributed by atoms with van der Waals surface area (Å²) in [5.41, 5.74) is 4.75. The second-order valence-electron chi connectivity index (χ2n) is 18.0. The smallest absolute Gasteiger partial charge is 0.348 e. The Labute approximate surface area is 395 Å². The molecule has 5 heterocycles. The van der Waals surface area contributed by atoms with Crippen molar-refractivity contribution < 1.29 is 28.2 Å². The quantitative estimate of drug-likeness (QED) is 0.0988. The maximum Gasteiger partial charge on any atom is 0.348 e. The molecule has 0 atom stereocenters. The predicted molar refractivity (Wildman–Crippen MR) is 263 cm³/mol. The van der Waals surface area contributed by atoms with Gasteiger partial charge in [-0.15, -0.1) is 0 Å². The number of aromatic amines is 1. The third-order valence-corrected chi connectivity index (χ3v) is 14.1. The minimum absolute atomic E-state index is 0.00268. The maximum absolute atomic E-state index is 13.4. The average molecular weight is 944 g/mol. The first-order chi connectivity index (χ1) is 32.7. The van der Waals surface area contributed by atoms with E-state index in [0.717, 1.165) is 87.0 Å². The standard InChI is InChI=1S/C49H57N11O7S/c1-6-67-44-25-35(15-16-39(44)51-48-50-28-41-46(52-48)60(68(5,65)66)40-10-8-7-9-36(40)47(63)55(41)4)58-19-17-33(18-20-58)30-57-23-21-56(22-24-57)29-32-11-13-34(14-12-32)59-45(53-54-49(59)64)38-26-37(31(2)3)42(61)27-43(38)62/h7-16,25-28,31,33,61-62H,6,17-24,29-30H2,1-5H3,(H,54,64)(H,50,51,52). The summed E-state index contributed by atoms with van der Waals surface area (Å²) < 4.78 is 35.1. The van der Waals surface area contributed by atoms with Crippen molar-refractivity contribution in [3.05, 3.63) is 112 Å². The largest absolute Gasteiger partial charge is 0.508 e. The summed E-state index contributed by atoms with van der Waals surface area (Å²) in [5.74, 6) is 1.16. The molecular weight excluding hydrogens is 887 g/mol. The van der Waals surface area contributed by atoms with Crippen LogP contribution in [0.15, 0.2) is 89.9 Å². The van der Waals surface area contributed by atoms with Gasteiger partial charge in [-0.2, -0.15) is 10.1 Å². The van der Waals surface area contributed by atoms with E-state index in [1.165, 1.54) is 21.7 Å². The number of aromatic hydroxyl groups is 2. The number of amides is 1. The molecule has 0 radical (unpaired) electrons. The van der Waals surface area contributed by atoms with E-state index >= 15 is 0 Å². The van der Waals surface area contributed by atoms with Crippen molar-refractivity contribution in [2.75, 3.05) is 85.1 Å². The van der Waals surface area contributed by atoms with E-state index in [-0.39, 0.29) is 57.9 Å². The number of aromatic nitrogens is 5. The lowest BCUT2D eigenvalue weighted by Gasteiger charge is -2.39. The fourth-order valence-corrected chi connectivity index (χ4v) is 10.4.